The van der Waals surface area contributed by atoms with Crippen molar-refractivity contribution in [2.45, 2.75) is 78.0 Å². The van der Waals surface area contributed by atoms with Crippen LogP contribution in [-0.4, -0.2) is 34.9 Å². The monoisotopic (exact) mass is 350 g/mol. The molecule has 0 radical (unpaired) electrons. The molecule has 1 spiro atoms. The summed E-state index contributed by atoms with van der Waals surface area (Å²) in [6.45, 7) is 7.03. The SMILES string of the molecule is CC1(C)CCC[C@@]2(C)[C@H]1C[C@@H](O)C13[C@@H]4[C@@H](OC(=O)[C@@H]4CC[C@@H]12)O[C@H]3O. The first-order chi connectivity index (χ1) is 11.7. The van der Waals surface area contributed by atoms with Crippen LogP contribution in [0, 0.1) is 39.9 Å². The van der Waals surface area contributed by atoms with E-state index in [2.05, 4.69) is 20.8 Å². The third-order valence-corrected chi connectivity index (χ3v) is 9.01. The van der Waals surface area contributed by atoms with Crippen molar-refractivity contribution in [3.8, 4) is 0 Å². The van der Waals surface area contributed by atoms with Gasteiger partial charge in [0.15, 0.2) is 6.29 Å². The van der Waals surface area contributed by atoms with Crippen LogP contribution in [-0.2, 0) is 14.3 Å². The molecule has 3 saturated carbocycles. The molecule has 2 aliphatic heterocycles. The summed E-state index contributed by atoms with van der Waals surface area (Å²) in [6, 6.07) is 0. The highest BCUT2D eigenvalue weighted by Gasteiger charge is 2.77. The van der Waals surface area contributed by atoms with E-state index in [-0.39, 0.29) is 34.6 Å². The van der Waals surface area contributed by atoms with E-state index in [1.54, 1.807) is 0 Å². The number of carbonyl (C=O) groups excluding carboxylic acids is 1. The van der Waals surface area contributed by atoms with Crippen LogP contribution < -0.4 is 0 Å². The minimum atomic E-state index is -1.04. The maximum absolute atomic E-state index is 12.3. The number of rotatable bonds is 0. The highest BCUT2D eigenvalue weighted by molar-refractivity contribution is 5.75. The topological polar surface area (TPSA) is 76.0 Å². The largest absolute Gasteiger partial charge is 0.435 e. The average Bonchev–Trinajstić information content (AvgIpc) is 3.00. The Morgan fingerprint density at radius 2 is 1.84 bits per heavy atom. The Morgan fingerprint density at radius 3 is 2.60 bits per heavy atom. The van der Waals surface area contributed by atoms with Gasteiger partial charge in [-0.3, -0.25) is 4.79 Å². The van der Waals surface area contributed by atoms with Gasteiger partial charge < -0.3 is 19.7 Å². The summed E-state index contributed by atoms with van der Waals surface area (Å²) in [6.07, 6.45) is 3.48. The summed E-state index contributed by atoms with van der Waals surface area (Å²) in [5, 5.41) is 22.3. The fraction of sp³-hybridized carbons (Fsp3) is 0.950. The molecule has 9 atom stereocenters. The van der Waals surface area contributed by atoms with E-state index in [1.165, 1.54) is 12.8 Å². The summed E-state index contributed by atoms with van der Waals surface area (Å²) >= 11 is 0. The maximum Gasteiger partial charge on any atom is 0.311 e. The zero-order valence-corrected chi connectivity index (χ0v) is 15.4. The molecule has 3 aliphatic carbocycles. The lowest BCUT2D eigenvalue weighted by atomic mass is 9.38. The molecule has 140 valence electrons. The van der Waals surface area contributed by atoms with Crippen LogP contribution in [0.15, 0.2) is 0 Å². The average molecular weight is 350 g/mol. The summed E-state index contributed by atoms with van der Waals surface area (Å²) in [4.78, 5) is 12.3. The van der Waals surface area contributed by atoms with Crippen LogP contribution in [0.1, 0.15) is 59.3 Å². The Kier molecular flexibility index (Phi) is 3.16. The smallest absolute Gasteiger partial charge is 0.311 e. The standard InChI is InChI=1S/C20H30O5/c1-18(2)7-4-8-19(3)11-6-5-10-14-16(24-15(10)22)25-17(23)20(11,14)13(21)9-12(18)19/h10-14,16-17,21,23H,4-9H2,1-3H3/t10-,11-,12+,13-,14+,16+,17-,19-,20?/m1/s1. The fourth-order valence-electron chi connectivity index (χ4n) is 8.13. The van der Waals surface area contributed by atoms with Crippen molar-refractivity contribution in [3.63, 3.8) is 0 Å². The van der Waals surface area contributed by atoms with Gasteiger partial charge in [-0.25, -0.2) is 0 Å². The minimum absolute atomic E-state index is 0.0663. The van der Waals surface area contributed by atoms with Gasteiger partial charge in [-0.15, -0.1) is 0 Å². The zero-order chi connectivity index (χ0) is 17.8. The Balaban J connectivity index is 1.65. The molecule has 2 heterocycles. The lowest BCUT2D eigenvalue weighted by Crippen LogP contribution is -2.67. The zero-order valence-electron chi connectivity index (χ0n) is 15.4. The van der Waals surface area contributed by atoms with Crippen molar-refractivity contribution < 1.29 is 24.5 Å². The van der Waals surface area contributed by atoms with Gasteiger partial charge in [-0.1, -0.05) is 27.2 Å². The highest BCUT2D eigenvalue weighted by Crippen LogP contribution is 2.73. The molecule has 5 rings (SSSR count). The van der Waals surface area contributed by atoms with E-state index >= 15 is 0 Å². The van der Waals surface area contributed by atoms with Crippen LogP contribution in [0.25, 0.3) is 0 Å². The second-order valence-electron chi connectivity index (χ2n) is 10.2. The third-order valence-electron chi connectivity index (χ3n) is 9.01. The molecule has 5 fully saturated rings. The van der Waals surface area contributed by atoms with Gasteiger partial charge in [0.1, 0.15) is 0 Å². The maximum atomic E-state index is 12.3. The predicted molar refractivity (Wildman–Crippen MR) is 89.0 cm³/mol. The molecule has 2 N–H and O–H groups in total. The van der Waals surface area contributed by atoms with Crippen LogP contribution in [0.3, 0.4) is 0 Å². The Bertz CT molecular complexity index is 617. The molecular weight excluding hydrogens is 320 g/mol. The van der Waals surface area contributed by atoms with Crippen molar-refractivity contribution in [3.05, 3.63) is 0 Å². The number of aliphatic hydroxyl groups is 2. The molecule has 1 unspecified atom stereocenters. The predicted octanol–water partition coefficient (Wildman–Crippen LogP) is 2.44. The van der Waals surface area contributed by atoms with Crippen molar-refractivity contribution in [2.75, 3.05) is 0 Å². The molecule has 0 aromatic heterocycles. The Hall–Kier alpha value is -0.650. The number of aliphatic hydroxyl groups excluding tert-OH is 2. The summed E-state index contributed by atoms with van der Waals surface area (Å²) in [5.74, 6) is -0.0381. The first kappa shape index (κ1) is 16.5. The van der Waals surface area contributed by atoms with E-state index in [0.29, 0.717) is 12.3 Å². The summed E-state index contributed by atoms with van der Waals surface area (Å²) in [7, 11) is 0. The van der Waals surface area contributed by atoms with Gasteiger partial charge >= 0.3 is 5.97 Å². The normalized spacial score (nSPS) is 58.9. The molecular formula is C20H30O5. The van der Waals surface area contributed by atoms with E-state index in [4.69, 9.17) is 9.47 Å². The number of fused-ring (bicyclic) bond motifs is 2. The lowest BCUT2D eigenvalue weighted by Gasteiger charge is -2.66. The summed E-state index contributed by atoms with van der Waals surface area (Å²) in [5.41, 5.74) is -0.493. The van der Waals surface area contributed by atoms with Crippen molar-refractivity contribution in [1.29, 1.82) is 0 Å². The molecule has 0 bridgehead atoms. The van der Waals surface area contributed by atoms with Gasteiger partial charge in [-0.05, 0) is 54.8 Å². The van der Waals surface area contributed by atoms with Crippen LogP contribution in [0.4, 0.5) is 0 Å². The first-order valence-electron chi connectivity index (χ1n) is 9.95. The van der Waals surface area contributed by atoms with Gasteiger partial charge in [0, 0.05) is 5.92 Å². The molecule has 0 amide bonds. The second-order valence-corrected chi connectivity index (χ2v) is 10.2. The number of ether oxygens (including phenoxy) is 2. The fourth-order valence-corrected chi connectivity index (χ4v) is 8.13. The van der Waals surface area contributed by atoms with Gasteiger partial charge in [-0.2, -0.15) is 0 Å². The third kappa shape index (κ3) is 1.73. The Morgan fingerprint density at radius 1 is 1.08 bits per heavy atom. The summed E-state index contributed by atoms with van der Waals surface area (Å²) < 4.78 is 11.2. The Labute approximate surface area is 149 Å². The molecule has 0 aromatic rings. The molecule has 0 aromatic carbocycles. The number of hydrogen-bond donors (Lipinski definition) is 2. The molecule has 5 nitrogen and oxygen atoms in total. The van der Waals surface area contributed by atoms with Crippen LogP contribution in [0.2, 0.25) is 0 Å². The molecule has 5 aliphatic rings. The second kappa shape index (κ2) is 4.79. The van der Waals surface area contributed by atoms with E-state index < -0.39 is 24.1 Å². The molecule has 2 saturated heterocycles. The first-order valence-corrected chi connectivity index (χ1v) is 9.95. The number of hydrogen-bond acceptors (Lipinski definition) is 5. The molecule has 25 heavy (non-hydrogen) atoms. The highest BCUT2D eigenvalue weighted by atomic mass is 16.8. The van der Waals surface area contributed by atoms with E-state index in [9.17, 15) is 15.0 Å². The quantitative estimate of drug-likeness (QED) is 0.656. The lowest BCUT2D eigenvalue weighted by molar-refractivity contribution is -0.275. The van der Waals surface area contributed by atoms with Crippen molar-refractivity contribution >= 4 is 5.97 Å². The number of esters is 1. The van der Waals surface area contributed by atoms with Crippen molar-refractivity contribution in [1.82, 2.24) is 0 Å². The van der Waals surface area contributed by atoms with Crippen LogP contribution in [0.5, 0.6) is 0 Å². The van der Waals surface area contributed by atoms with E-state index in [0.717, 1.165) is 19.3 Å². The van der Waals surface area contributed by atoms with Gasteiger partial charge in [0.05, 0.1) is 17.4 Å². The van der Waals surface area contributed by atoms with Crippen LogP contribution >= 0.6 is 0 Å². The minimum Gasteiger partial charge on any atom is -0.435 e. The van der Waals surface area contributed by atoms with Gasteiger partial charge in [0.2, 0.25) is 6.29 Å². The molecule has 5 heteroatoms. The van der Waals surface area contributed by atoms with Crippen molar-refractivity contribution in [2.24, 2.45) is 39.9 Å². The van der Waals surface area contributed by atoms with Gasteiger partial charge in [0.25, 0.3) is 0 Å². The number of carbonyl (C=O) groups is 1. The van der Waals surface area contributed by atoms with E-state index in [1.807, 2.05) is 0 Å².